The maximum Gasteiger partial charge on any atom is 0.119 e. The van der Waals surface area contributed by atoms with Crippen molar-refractivity contribution in [1.29, 1.82) is 0 Å². The summed E-state index contributed by atoms with van der Waals surface area (Å²) in [6, 6.07) is 4.27. The van der Waals surface area contributed by atoms with Gasteiger partial charge in [-0.15, -0.1) is 0 Å². The van der Waals surface area contributed by atoms with E-state index >= 15 is 0 Å². The lowest BCUT2D eigenvalue weighted by Gasteiger charge is -2.31. The van der Waals surface area contributed by atoms with E-state index in [1.165, 1.54) is 24.0 Å². The van der Waals surface area contributed by atoms with Gasteiger partial charge in [0.1, 0.15) is 5.75 Å². The molecule has 0 fully saturated rings. The number of rotatable bonds is 3. The number of phenols is 1. The second-order valence-electron chi connectivity index (χ2n) is 7.64. The standard InChI is InChI=1S/C18H30O/c1-8-9-10-13-11-14(17(2,3)4)16(15(19)12-13)18(5,6)7/h11-12,19H,8-10H2,1-7H3. The zero-order valence-corrected chi connectivity index (χ0v) is 13.7. The second kappa shape index (κ2) is 5.56. The molecule has 0 radical (unpaired) electrons. The molecule has 1 rings (SSSR count). The quantitative estimate of drug-likeness (QED) is 0.780. The molecule has 108 valence electrons. The molecule has 0 aliphatic carbocycles. The summed E-state index contributed by atoms with van der Waals surface area (Å²) < 4.78 is 0. The Kier molecular flexibility index (Phi) is 4.71. The molecule has 0 unspecified atom stereocenters. The zero-order chi connectivity index (χ0) is 14.8. The van der Waals surface area contributed by atoms with E-state index in [0.717, 1.165) is 12.0 Å². The van der Waals surface area contributed by atoms with Gasteiger partial charge in [-0.3, -0.25) is 0 Å². The molecule has 1 heteroatoms. The van der Waals surface area contributed by atoms with E-state index in [2.05, 4.69) is 54.5 Å². The number of unbranched alkanes of at least 4 members (excludes halogenated alkanes) is 1. The minimum atomic E-state index is -0.0318. The number of aromatic hydroxyl groups is 1. The van der Waals surface area contributed by atoms with Crippen molar-refractivity contribution in [1.82, 2.24) is 0 Å². The predicted octanol–water partition coefficient (Wildman–Crippen LogP) is 5.33. The van der Waals surface area contributed by atoms with Gasteiger partial charge >= 0.3 is 0 Å². The van der Waals surface area contributed by atoms with E-state index in [4.69, 9.17) is 0 Å². The van der Waals surface area contributed by atoms with E-state index in [1.54, 1.807) is 0 Å². The minimum Gasteiger partial charge on any atom is -0.508 e. The maximum absolute atomic E-state index is 10.5. The Morgan fingerprint density at radius 3 is 1.95 bits per heavy atom. The molecule has 1 nitrogen and oxygen atoms in total. The van der Waals surface area contributed by atoms with Crippen molar-refractivity contribution in [2.24, 2.45) is 0 Å². The molecular weight excluding hydrogens is 232 g/mol. The SMILES string of the molecule is CCCCc1cc(O)c(C(C)(C)C)c(C(C)(C)C)c1. The van der Waals surface area contributed by atoms with Crippen molar-refractivity contribution in [2.75, 3.05) is 0 Å². The summed E-state index contributed by atoms with van der Waals surface area (Å²) in [5.74, 6) is 0.464. The van der Waals surface area contributed by atoms with Crippen LogP contribution < -0.4 is 0 Å². The van der Waals surface area contributed by atoms with Gasteiger partial charge in [0.15, 0.2) is 0 Å². The Hall–Kier alpha value is -0.980. The van der Waals surface area contributed by atoms with Gasteiger partial charge in [0.25, 0.3) is 0 Å². The van der Waals surface area contributed by atoms with Crippen molar-refractivity contribution < 1.29 is 5.11 Å². The van der Waals surface area contributed by atoms with Crippen molar-refractivity contribution in [3.63, 3.8) is 0 Å². The largest absolute Gasteiger partial charge is 0.508 e. The molecular formula is C18H30O. The van der Waals surface area contributed by atoms with E-state index in [0.29, 0.717) is 5.75 Å². The highest BCUT2D eigenvalue weighted by Gasteiger charge is 2.28. The molecule has 0 amide bonds. The summed E-state index contributed by atoms with van der Waals surface area (Å²) >= 11 is 0. The van der Waals surface area contributed by atoms with Crippen LogP contribution in [-0.2, 0) is 17.3 Å². The third kappa shape index (κ3) is 3.99. The normalized spacial score (nSPS) is 12.8. The molecule has 1 N–H and O–H groups in total. The Morgan fingerprint density at radius 1 is 0.947 bits per heavy atom. The lowest BCUT2D eigenvalue weighted by Crippen LogP contribution is -2.22. The molecule has 1 aromatic carbocycles. The maximum atomic E-state index is 10.5. The van der Waals surface area contributed by atoms with E-state index < -0.39 is 0 Å². The number of hydrogen-bond donors (Lipinski definition) is 1. The van der Waals surface area contributed by atoms with Gasteiger partial charge in [-0.1, -0.05) is 61.0 Å². The summed E-state index contributed by atoms with van der Waals surface area (Å²) in [6.07, 6.45) is 3.42. The van der Waals surface area contributed by atoms with Gasteiger partial charge in [-0.25, -0.2) is 0 Å². The smallest absolute Gasteiger partial charge is 0.119 e. The molecule has 0 spiro atoms. The Labute approximate surface area is 119 Å². The molecule has 19 heavy (non-hydrogen) atoms. The molecule has 1 aromatic rings. The van der Waals surface area contributed by atoms with Crippen molar-refractivity contribution >= 4 is 0 Å². The van der Waals surface area contributed by atoms with Gasteiger partial charge < -0.3 is 5.11 Å². The minimum absolute atomic E-state index is 0.0318. The first-order chi connectivity index (χ1) is 8.57. The summed E-state index contributed by atoms with van der Waals surface area (Å²) in [5, 5.41) is 10.5. The average molecular weight is 262 g/mol. The molecule has 0 atom stereocenters. The first-order valence-electron chi connectivity index (χ1n) is 7.44. The fraction of sp³-hybridized carbons (Fsp3) is 0.667. The predicted molar refractivity (Wildman–Crippen MR) is 84.1 cm³/mol. The Bertz CT molecular complexity index is 430. The summed E-state index contributed by atoms with van der Waals surface area (Å²) in [7, 11) is 0. The third-order valence-electron chi connectivity index (χ3n) is 3.55. The molecule has 0 aliphatic heterocycles. The number of aryl methyl sites for hydroxylation is 1. The fourth-order valence-electron chi connectivity index (χ4n) is 2.59. The first-order valence-corrected chi connectivity index (χ1v) is 7.44. The summed E-state index contributed by atoms with van der Waals surface area (Å²) in [4.78, 5) is 0. The molecule has 0 aliphatic rings. The molecule has 0 saturated carbocycles. The van der Waals surface area contributed by atoms with Gasteiger partial charge in [0, 0.05) is 5.56 Å². The van der Waals surface area contributed by atoms with Crippen LogP contribution in [0.1, 0.15) is 78.0 Å². The molecule has 0 bridgehead atoms. The van der Waals surface area contributed by atoms with Crippen LogP contribution in [0.3, 0.4) is 0 Å². The summed E-state index contributed by atoms with van der Waals surface area (Å²) in [6.45, 7) is 15.4. The van der Waals surface area contributed by atoms with Gasteiger partial charge in [0.05, 0.1) is 0 Å². The number of phenolic OH excluding ortho intramolecular Hbond substituents is 1. The monoisotopic (exact) mass is 262 g/mol. The molecule has 0 heterocycles. The van der Waals surface area contributed by atoms with Gasteiger partial charge in [0.2, 0.25) is 0 Å². The number of hydrogen-bond acceptors (Lipinski definition) is 1. The van der Waals surface area contributed by atoms with Crippen molar-refractivity contribution in [2.45, 2.75) is 78.6 Å². The number of benzene rings is 1. The second-order valence-corrected chi connectivity index (χ2v) is 7.64. The van der Waals surface area contributed by atoms with Crippen molar-refractivity contribution in [3.8, 4) is 5.75 Å². The Balaban J connectivity index is 3.40. The van der Waals surface area contributed by atoms with Crippen LogP contribution in [0.2, 0.25) is 0 Å². The van der Waals surface area contributed by atoms with Gasteiger partial charge in [-0.05, 0) is 40.9 Å². The van der Waals surface area contributed by atoms with Crippen LogP contribution in [0.15, 0.2) is 12.1 Å². The van der Waals surface area contributed by atoms with Crippen LogP contribution in [0.5, 0.6) is 5.75 Å². The molecule has 0 aromatic heterocycles. The third-order valence-corrected chi connectivity index (χ3v) is 3.55. The highest BCUT2D eigenvalue weighted by Crippen LogP contribution is 2.40. The lowest BCUT2D eigenvalue weighted by molar-refractivity contribution is 0.434. The highest BCUT2D eigenvalue weighted by atomic mass is 16.3. The van der Waals surface area contributed by atoms with Crippen molar-refractivity contribution in [3.05, 3.63) is 28.8 Å². The van der Waals surface area contributed by atoms with Crippen LogP contribution in [-0.4, -0.2) is 5.11 Å². The first kappa shape index (κ1) is 16.1. The van der Waals surface area contributed by atoms with Crippen LogP contribution in [0.25, 0.3) is 0 Å². The fourth-order valence-corrected chi connectivity index (χ4v) is 2.59. The topological polar surface area (TPSA) is 20.2 Å². The van der Waals surface area contributed by atoms with E-state index in [-0.39, 0.29) is 10.8 Å². The van der Waals surface area contributed by atoms with Crippen LogP contribution in [0, 0.1) is 0 Å². The summed E-state index contributed by atoms with van der Waals surface area (Å²) in [5.41, 5.74) is 3.67. The van der Waals surface area contributed by atoms with E-state index in [1.807, 2.05) is 6.07 Å². The average Bonchev–Trinajstić information content (AvgIpc) is 2.22. The Morgan fingerprint density at radius 2 is 1.53 bits per heavy atom. The molecule has 0 saturated heterocycles. The lowest BCUT2D eigenvalue weighted by atomic mass is 9.74. The van der Waals surface area contributed by atoms with Crippen LogP contribution >= 0.6 is 0 Å². The van der Waals surface area contributed by atoms with Gasteiger partial charge in [-0.2, -0.15) is 0 Å². The highest BCUT2D eigenvalue weighted by molar-refractivity contribution is 5.49. The van der Waals surface area contributed by atoms with E-state index in [9.17, 15) is 5.11 Å². The van der Waals surface area contributed by atoms with Crippen LogP contribution in [0.4, 0.5) is 0 Å². The zero-order valence-electron chi connectivity index (χ0n) is 13.7.